The lowest BCUT2D eigenvalue weighted by Gasteiger charge is -2.36. The second-order valence-corrected chi connectivity index (χ2v) is 8.87. The molecule has 0 aromatic heterocycles. The number of benzene rings is 2. The summed E-state index contributed by atoms with van der Waals surface area (Å²) in [4.78, 5) is 40.2. The Bertz CT molecular complexity index is 1000. The fourth-order valence-corrected chi connectivity index (χ4v) is 3.97. The topological polar surface area (TPSA) is 90.5 Å². The minimum Gasteiger partial charge on any atom is -0.352 e. The van der Waals surface area contributed by atoms with Crippen molar-refractivity contribution in [2.24, 2.45) is 5.92 Å². The van der Waals surface area contributed by atoms with Gasteiger partial charge < -0.3 is 20.9 Å². The van der Waals surface area contributed by atoms with Crippen molar-refractivity contribution in [2.75, 3.05) is 18.4 Å². The van der Waals surface area contributed by atoms with Crippen molar-refractivity contribution in [1.29, 1.82) is 0 Å². The number of rotatable bonds is 7. The third kappa shape index (κ3) is 6.56. The second-order valence-electron chi connectivity index (χ2n) is 8.87. The standard InChI is InChI=1S/C26H33FN4O3/c1-4-18(3)28-25(33)23(30-24(32)21-7-5-6-8-22(21)27)19-13-15-31(16-14-19)26(34)29-20-11-9-17(2)10-12-20/h5-12,18-19,23H,4,13-16H2,1-3H3,(H,28,33)(H,29,34)(H,30,32)/t18-,23+/m1/s1. The van der Waals surface area contributed by atoms with E-state index >= 15 is 0 Å². The molecule has 1 aliphatic rings. The first-order valence-electron chi connectivity index (χ1n) is 11.8. The van der Waals surface area contributed by atoms with E-state index in [1.165, 1.54) is 18.2 Å². The molecule has 0 bridgehead atoms. The summed E-state index contributed by atoms with van der Waals surface area (Å²) in [7, 11) is 0. The van der Waals surface area contributed by atoms with Crippen LogP contribution in [0.15, 0.2) is 48.5 Å². The zero-order valence-electron chi connectivity index (χ0n) is 19.9. The van der Waals surface area contributed by atoms with Gasteiger partial charge in [-0.1, -0.05) is 36.8 Å². The van der Waals surface area contributed by atoms with Crippen LogP contribution in [0.5, 0.6) is 0 Å². The van der Waals surface area contributed by atoms with Crippen LogP contribution in [0.4, 0.5) is 14.9 Å². The van der Waals surface area contributed by atoms with Gasteiger partial charge in [-0.2, -0.15) is 0 Å². The summed E-state index contributed by atoms with van der Waals surface area (Å²) in [5.41, 5.74) is 1.73. The number of likely N-dealkylation sites (tertiary alicyclic amines) is 1. The average molecular weight is 469 g/mol. The fraction of sp³-hybridized carbons (Fsp3) is 0.423. The van der Waals surface area contributed by atoms with E-state index in [1.54, 1.807) is 11.0 Å². The summed E-state index contributed by atoms with van der Waals surface area (Å²) in [6.07, 6.45) is 1.83. The van der Waals surface area contributed by atoms with Gasteiger partial charge in [0.2, 0.25) is 5.91 Å². The van der Waals surface area contributed by atoms with Crippen LogP contribution in [0.25, 0.3) is 0 Å². The van der Waals surface area contributed by atoms with Gasteiger partial charge in [0.15, 0.2) is 0 Å². The molecule has 0 radical (unpaired) electrons. The molecule has 0 aliphatic carbocycles. The summed E-state index contributed by atoms with van der Waals surface area (Å²) >= 11 is 0. The van der Waals surface area contributed by atoms with Gasteiger partial charge in [-0.3, -0.25) is 9.59 Å². The van der Waals surface area contributed by atoms with Crippen LogP contribution in [0.1, 0.15) is 49.0 Å². The van der Waals surface area contributed by atoms with Gasteiger partial charge in [0, 0.05) is 24.8 Å². The third-order valence-corrected chi connectivity index (χ3v) is 6.29. The number of hydrogen-bond donors (Lipinski definition) is 3. The van der Waals surface area contributed by atoms with E-state index in [2.05, 4.69) is 16.0 Å². The van der Waals surface area contributed by atoms with Gasteiger partial charge in [0.1, 0.15) is 11.9 Å². The number of carbonyl (C=O) groups excluding carboxylic acids is 3. The number of aryl methyl sites for hydroxylation is 1. The van der Waals surface area contributed by atoms with Crippen LogP contribution in [0.2, 0.25) is 0 Å². The van der Waals surface area contributed by atoms with Gasteiger partial charge in [0.05, 0.1) is 5.56 Å². The molecular formula is C26H33FN4O3. The maximum atomic E-state index is 14.1. The van der Waals surface area contributed by atoms with Crippen molar-refractivity contribution < 1.29 is 18.8 Å². The van der Waals surface area contributed by atoms with Crippen molar-refractivity contribution in [1.82, 2.24) is 15.5 Å². The van der Waals surface area contributed by atoms with Crippen LogP contribution >= 0.6 is 0 Å². The number of amides is 4. The molecule has 0 spiro atoms. The highest BCUT2D eigenvalue weighted by atomic mass is 19.1. The average Bonchev–Trinajstić information content (AvgIpc) is 2.84. The molecule has 1 heterocycles. The molecule has 2 aromatic rings. The first-order chi connectivity index (χ1) is 16.3. The highest BCUT2D eigenvalue weighted by Crippen LogP contribution is 2.23. The summed E-state index contributed by atoms with van der Waals surface area (Å²) in [6.45, 7) is 6.74. The number of anilines is 1. The Hall–Kier alpha value is -3.42. The zero-order valence-corrected chi connectivity index (χ0v) is 19.9. The molecular weight excluding hydrogens is 435 g/mol. The smallest absolute Gasteiger partial charge is 0.321 e. The van der Waals surface area contributed by atoms with Gasteiger partial charge in [-0.25, -0.2) is 9.18 Å². The van der Waals surface area contributed by atoms with Crippen molar-refractivity contribution in [3.63, 3.8) is 0 Å². The molecule has 1 saturated heterocycles. The molecule has 1 fully saturated rings. The normalized spacial score (nSPS) is 15.8. The number of urea groups is 1. The zero-order chi connectivity index (χ0) is 24.7. The third-order valence-electron chi connectivity index (χ3n) is 6.29. The molecule has 1 aliphatic heterocycles. The van der Waals surface area contributed by atoms with E-state index in [0.717, 1.165) is 17.7 Å². The number of carbonyl (C=O) groups is 3. The molecule has 182 valence electrons. The number of nitrogens with one attached hydrogen (secondary N) is 3. The Morgan fingerprint density at radius 1 is 1.03 bits per heavy atom. The quantitative estimate of drug-likeness (QED) is 0.572. The van der Waals surface area contributed by atoms with E-state index in [1.807, 2.05) is 45.0 Å². The first kappa shape index (κ1) is 25.2. The molecule has 8 heteroatoms. The molecule has 0 saturated carbocycles. The summed E-state index contributed by atoms with van der Waals surface area (Å²) in [5.74, 6) is -1.73. The Labute approximate surface area is 200 Å². The predicted octanol–water partition coefficient (Wildman–Crippen LogP) is 4.09. The fourth-order valence-electron chi connectivity index (χ4n) is 3.97. The highest BCUT2D eigenvalue weighted by molar-refractivity contribution is 5.98. The molecule has 3 rings (SSSR count). The highest BCUT2D eigenvalue weighted by Gasteiger charge is 2.34. The van der Waals surface area contributed by atoms with Crippen molar-refractivity contribution >= 4 is 23.5 Å². The molecule has 7 nitrogen and oxygen atoms in total. The Morgan fingerprint density at radius 3 is 2.29 bits per heavy atom. The molecule has 2 atom stereocenters. The largest absolute Gasteiger partial charge is 0.352 e. The molecule has 4 amide bonds. The lowest BCUT2D eigenvalue weighted by Crippen LogP contribution is -2.55. The summed E-state index contributed by atoms with van der Waals surface area (Å²) < 4.78 is 14.1. The van der Waals surface area contributed by atoms with Crippen molar-refractivity contribution in [3.8, 4) is 0 Å². The number of piperidine rings is 1. The predicted molar refractivity (Wildman–Crippen MR) is 130 cm³/mol. The van der Waals surface area contributed by atoms with E-state index in [4.69, 9.17) is 0 Å². The van der Waals surface area contributed by atoms with Crippen LogP contribution in [0.3, 0.4) is 0 Å². The van der Waals surface area contributed by atoms with E-state index in [-0.39, 0.29) is 29.5 Å². The van der Waals surface area contributed by atoms with Crippen LogP contribution in [-0.4, -0.2) is 47.9 Å². The van der Waals surface area contributed by atoms with E-state index in [9.17, 15) is 18.8 Å². The number of nitrogens with zero attached hydrogens (tertiary/aromatic N) is 1. The summed E-state index contributed by atoms with van der Waals surface area (Å²) in [5, 5.41) is 8.58. The van der Waals surface area contributed by atoms with E-state index < -0.39 is 17.8 Å². The molecule has 3 N–H and O–H groups in total. The summed E-state index contributed by atoms with van der Waals surface area (Å²) in [6, 6.07) is 12.2. The van der Waals surface area contributed by atoms with Gasteiger partial charge >= 0.3 is 6.03 Å². The monoisotopic (exact) mass is 468 g/mol. The van der Waals surface area contributed by atoms with Crippen molar-refractivity contribution in [3.05, 3.63) is 65.5 Å². The van der Waals surface area contributed by atoms with Crippen molar-refractivity contribution in [2.45, 2.75) is 52.1 Å². The Morgan fingerprint density at radius 2 is 1.68 bits per heavy atom. The lowest BCUT2D eigenvalue weighted by atomic mass is 9.88. The Balaban J connectivity index is 1.66. The first-order valence-corrected chi connectivity index (χ1v) is 11.8. The van der Waals surface area contributed by atoms with Crippen LogP contribution < -0.4 is 16.0 Å². The SMILES string of the molecule is CC[C@@H](C)NC(=O)[C@@H](NC(=O)c1ccccc1F)C1CCN(C(=O)Nc2ccc(C)cc2)CC1. The van der Waals surface area contributed by atoms with Gasteiger partial charge in [0.25, 0.3) is 5.91 Å². The molecule has 34 heavy (non-hydrogen) atoms. The minimum atomic E-state index is -0.816. The lowest BCUT2D eigenvalue weighted by molar-refractivity contribution is -0.125. The van der Waals surface area contributed by atoms with Crippen LogP contribution in [0, 0.1) is 18.7 Å². The van der Waals surface area contributed by atoms with E-state index in [0.29, 0.717) is 25.9 Å². The maximum Gasteiger partial charge on any atom is 0.321 e. The second kappa shape index (κ2) is 11.6. The number of hydrogen-bond acceptors (Lipinski definition) is 3. The molecule has 0 unspecified atom stereocenters. The van der Waals surface area contributed by atoms with Crippen LogP contribution in [-0.2, 0) is 4.79 Å². The van der Waals surface area contributed by atoms with Gasteiger partial charge in [-0.15, -0.1) is 0 Å². The Kier molecular flexibility index (Phi) is 8.62. The minimum absolute atomic E-state index is 0.0549. The maximum absolute atomic E-state index is 14.1. The van der Waals surface area contributed by atoms with Gasteiger partial charge in [-0.05, 0) is 63.3 Å². The number of halogens is 1. The molecule has 2 aromatic carbocycles.